The summed E-state index contributed by atoms with van der Waals surface area (Å²) in [4.78, 5) is 24.2. The van der Waals surface area contributed by atoms with Crippen LogP contribution in [0.4, 0.5) is 5.69 Å². The molecule has 1 aromatic heterocycles. The first kappa shape index (κ1) is 20.7. The van der Waals surface area contributed by atoms with Gasteiger partial charge in [-0.1, -0.05) is 60.7 Å². The topological polar surface area (TPSA) is 84.0 Å². The number of aryl methyl sites for hydroxylation is 2. The van der Waals surface area contributed by atoms with E-state index < -0.39 is 0 Å². The van der Waals surface area contributed by atoms with Crippen LogP contribution in [0.25, 0.3) is 0 Å². The molecule has 0 aliphatic heterocycles. The van der Waals surface area contributed by atoms with Gasteiger partial charge in [-0.05, 0) is 36.1 Å². The van der Waals surface area contributed by atoms with E-state index in [0.29, 0.717) is 30.8 Å². The van der Waals surface area contributed by atoms with Gasteiger partial charge < -0.3 is 10.6 Å². The Hall–Kier alpha value is -3.06. The fourth-order valence-corrected chi connectivity index (χ4v) is 3.51. The van der Waals surface area contributed by atoms with Crippen LogP contribution in [0.15, 0.2) is 54.6 Å². The van der Waals surface area contributed by atoms with Crippen molar-refractivity contribution < 1.29 is 9.59 Å². The predicted molar refractivity (Wildman–Crippen MR) is 115 cm³/mol. The quantitative estimate of drug-likeness (QED) is 0.561. The van der Waals surface area contributed by atoms with Gasteiger partial charge in [-0.15, -0.1) is 10.2 Å². The minimum absolute atomic E-state index is 0.0103. The predicted octanol–water partition coefficient (Wildman–Crippen LogP) is 3.99. The molecule has 6 nitrogen and oxygen atoms in total. The third-order valence-corrected chi connectivity index (χ3v) is 5.39. The molecule has 0 fully saturated rings. The number of carbonyl (C=O) groups is 2. The number of benzene rings is 2. The first-order chi connectivity index (χ1) is 14.1. The third-order valence-electron chi connectivity index (χ3n) is 4.41. The monoisotopic (exact) mass is 408 g/mol. The van der Waals surface area contributed by atoms with E-state index in [-0.39, 0.29) is 11.8 Å². The zero-order valence-electron chi connectivity index (χ0n) is 16.4. The van der Waals surface area contributed by atoms with Gasteiger partial charge in [0.05, 0.1) is 0 Å². The lowest BCUT2D eigenvalue weighted by Crippen LogP contribution is -2.22. The summed E-state index contributed by atoms with van der Waals surface area (Å²) >= 11 is 1.26. The molecule has 2 aromatic carbocycles. The van der Waals surface area contributed by atoms with E-state index in [4.69, 9.17) is 0 Å². The van der Waals surface area contributed by atoms with Crippen LogP contribution in [0.3, 0.4) is 0 Å². The molecule has 3 rings (SSSR count). The Morgan fingerprint density at radius 1 is 0.966 bits per heavy atom. The highest BCUT2D eigenvalue weighted by Crippen LogP contribution is 2.15. The lowest BCUT2D eigenvalue weighted by molar-refractivity contribution is -0.121. The summed E-state index contributed by atoms with van der Waals surface area (Å²) in [7, 11) is 0. The standard InChI is InChI=1S/C22H24N4O2S/c1-2-16-11-13-17(14-12-16)15-23-19(27)9-6-10-20-25-26-22(29-20)21(28)24-18-7-4-3-5-8-18/h3-5,7-8,11-14H,2,6,9-10,15H2,1H3,(H,23,27)(H,24,28). The van der Waals surface area contributed by atoms with Gasteiger partial charge in [0.1, 0.15) is 5.01 Å². The normalized spacial score (nSPS) is 10.5. The molecule has 1 heterocycles. The number of nitrogens with one attached hydrogen (secondary N) is 2. The van der Waals surface area contributed by atoms with Crippen LogP contribution in [0, 0.1) is 0 Å². The van der Waals surface area contributed by atoms with Crippen molar-refractivity contribution in [3.05, 3.63) is 75.7 Å². The largest absolute Gasteiger partial charge is 0.352 e. The molecule has 0 aliphatic carbocycles. The summed E-state index contributed by atoms with van der Waals surface area (Å²) in [5, 5.41) is 14.8. The zero-order chi connectivity index (χ0) is 20.5. The van der Waals surface area contributed by atoms with Crippen LogP contribution < -0.4 is 10.6 Å². The number of rotatable bonds is 9. The summed E-state index contributed by atoms with van der Waals surface area (Å²) in [6.45, 7) is 2.65. The third kappa shape index (κ3) is 6.50. The summed E-state index contributed by atoms with van der Waals surface area (Å²) < 4.78 is 0. The Labute approximate surface area is 174 Å². The molecule has 0 spiro atoms. The first-order valence-electron chi connectivity index (χ1n) is 9.67. The van der Waals surface area contributed by atoms with E-state index in [1.807, 2.05) is 42.5 Å². The SMILES string of the molecule is CCc1ccc(CNC(=O)CCCc2nnc(C(=O)Nc3ccccc3)s2)cc1. The van der Waals surface area contributed by atoms with E-state index in [9.17, 15) is 9.59 Å². The number of aromatic nitrogens is 2. The second-order valence-corrected chi connectivity index (χ2v) is 7.68. The van der Waals surface area contributed by atoms with Crippen molar-refractivity contribution in [1.82, 2.24) is 15.5 Å². The fourth-order valence-electron chi connectivity index (χ4n) is 2.73. The number of para-hydroxylation sites is 1. The van der Waals surface area contributed by atoms with Crippen molar-refractivity contribution in [3.8, 4) is 0 Å². The van der Waals surface area contributed by atoms with Gasteiger partial charge in [-0.3, -0.25) is 9.59 Å². The van der Waals surface area contributed by atoms with Crippen LogP contribution in [0.1, 0.15) is 45.7 Å². The van der Waals surface area contributed by atoms with Gasteiger partial charge in [0.25, 0.3) is 5.91 Å². The van der Waals surface area contributed by atoms with E-state index in [0.717, 1.165) is 22.7 Å². The highest BCUT2D eigenvalue weighted by Gasteiger charge is 2.13. The number of carbonyl (C=O) groups excluding carboxylic acids is 2. The highest BCUT2D eigenvalue weighted by atomic mass is 32.1. The fraction of sp³-hybridized carbons (Fsp3) is 0.273. The molecule has 7 heteroatoms. The molecule has 0 saturated heterocycles. The van der Waals surface area contributed by atoms with Crippen molar-refractivity contribution in [2.24, 2.45) is 0 Å². The molecule has 0 atom stereocenters. The molecular formula is C22H24N4O2S. The lowest BCUT2D eigenvalue weighted by Gasteiger charge is -2.06. The second kappa shape index (κ2) is 10.5. The smallest absolute Gasteiger partial charge is 0.286 e. The molecule has 29 heavy (non-hydrogen) atoms. The van der Waals surface area contributed by atoms with E-state index in [2.05, 4.69) is 39.9 Å². The van der Waals surface area contributed by atoms with Crippen LogP contribution in [0.5, 0.6) is 0 Å². The summed E-state index contributed by atoms with van der Waals surface area (Å²) in [5.74, 6) is -0.261. The molecule has 0 aliphatic rings. The number of amides is 2. The van der Waals surface area contributed by atoms with Crippen molar-refractivity contribution in [2.75, 3.05) is 5.32 Å². The second-order valence-electron chi connectivity index (χ2n) is 6.62. The van der Waals surface area contributed by atoms with Gasteiger partial charge in [-0.2, -0.15) is 0 Å². The van der Waals surface area contributed by atoms with Gasteiger partial charge in [0.2, 0.25) is 10.9 Å². The number of hydrogen-bond acceptors (Lipinski definition) is 5. The Morgan fingerprint density at radius 3 is 2.41 bits per heavy atom. The first-order valence-corrected chi connectivity index (χ1v) is 10.5. The molecule has 0 bridgehead atoms. The zero-order valence-corrected chi connectivity index (χ0v) is 17.2. The molecule has 0 radical (unpaired) electrons. The van der Waals surface area contributed by atoms with Crippen molar-refractivity contribution in [1.29, 1.82) is 0 Å². The molecular weight excluding hydrogens is 384 g/mol. The maximum atomic E-state index is 12.2. The summed E-state index contributed by atoms with van der Waals surface area (Å²) in [6, 6.07) is 17.5. The molecule has 2 amide bonds. The minimum atomic E-state index is -0.271. The van der Waals surface area contributed by atoms with E-state index in [1.165, 1.54) is 16.9 Å². The Kier molecular flexibility index (Phi) is 7.47. The maximum Gasteiger partial charge on any atom is 0.286 e. The molecule has 0 saturated carbocycles. The lowest BCUT2D eigenvalue weighted by atomic mass is 10.1. The van der Waals surface area contributed by atoms with Gasteiger partial charge >= 0.3 is 0 Å². The molecule has 0 unspecified atom stereocenters. The average molecular weight is 409 g/mol. The Bertz CT molecular complexity index is 939. The van der Waals surface area contributed by atoms with Crippen molar-refractivity contribution in [2.45, 2.75) is 39.2 Å². The van der Waals surface area contributed by atoms with Gasteiger partial charge in [0, 0.05) is 25.1 Å². The summed E-state index contributed by atoms with van der Waals surface area (Å²) in [5.41, 5.74) is 3.10. The van der Waals surface area contributed by atoms with Gasteiger partial charge in [0.15, 0.2) is 0 Å². The molecule has 3 aromatic rings. The average Bonchev–Trinajstić information content (AvgIpc) is 3.22. The number of anilines is 1. The Balaban J connectivity index is 1.39. The maximum absolute atomic E-state index is 12.2. The van der Waals surface area contributed by atoms with Crippen LogP contribution in [-0.4, -0.2) is 22.0 Å². The van der Waals surface area contributed by atoms with E-state index >= 15 is 0 Å². The highest BCUT2D eigenvalue weighted by molar-refractivity contribution is 7.13. The van der Waals surface area contributed by atoms with Crippen LogP contribution in [-0.2, 0) is 24.2 Å². The minimum Gasteiger partial charge on any atom is -0.352 e. The van der Waals surface area contributed by atoms with Crippen molar-refractivity contribution >= 4 is 28.8 Å². The molecule has 150 valence electrons. The number of nitrogens with zero attached hydrogens (tertiary/aromatic N) is 2. The van der Waals surface area contributed by atoms with Gasteiger partial charge in [-0.25, -0.2) is 0 Å². The molecule has 2 N–H and O–H groups in total. The van der Waals surface area contributed by atoms with E-state index in [1.54, 1.807) is 0 Å². The van der Waals surface area contributed by atoms with Crippen LogP contribution in [0.2, 0.25) is 0 Å². The summed E-state index contributed by atoms with van der Waals surface area (Å²) in [6.07, 6.45) is 2.70. The number of hydrogen-bond donors (Lipinski definition) is 2. The van der Waals surface area contributed by atoms with Crippen LogP contribution >= 0.6 is 11.3 Å². The van der Waals surface area contributed by atoms with Crippen molar-refractivity contribution in [3.63, 3.8) is 0 Å². The Morgan fingerprint density at radius 2 is 1.69 bits per heavy atom.